The van der Waals surface area contributed by atoms with Gasteiger partial charge in [0.1, 0.15) is 5.84 Å². The first-order valence-corrected chi connectivity index (χ1v) is 5.69. The lowest BCUT2D eigenvalue weighted by Gasteiger charge is -2.28. The van der Waals surface area contributed by atoms with Crippen molar-refractivity contribution in [3.63, 3.8) is 0 Å². The quantitative estimate of drug-likeness (QED) is 0.323. The van der Waals surface area contributed by atoms with Gasteiger partial charge in [-0.3, -0.25) is 0 Å². The van der Waals surface area contributed by atoms with Gasteiger partial charge < -0.3 is 15.8 Å². The minimum absolute atomic E-state index is 0.211. The molecule has 1 atom stereocenters. The maximum Gasteiger partial charge on any atom is 0.144 e. The normalized spacial score (nSPS) is 24.7. The molecule has 1 aliphatic heterocycles. The number of hydrogen-bond donors (Lipinski definition) is 2. The van der Waals surface area contributed by atoms with Crippen LogP contribution >= 0.6 is 0 Å². The summed E-state index contributed by atoms with van der Waals surface area (Å²) in [5.74, 6) is 0.328. The fourth-order valence-corrected chi connectivity index (χ4v) is 2.01. The molecule has 1 fully saturated rings. The average Bonchev–Trinajstić information content (AvgIpc) is 2.60. The molecule has 0 bridgehead atoms. The Morgan fingerprint density at radius 2 is 2.27 bits per heavy atom. The topological polar surface area (TPSA) is 61.8 Å². The second-order valence-corrected chi connectivity index (χ2v) is 5.15. The highest BCUT2D eigenvalue weighted by molar-refractivity contribution is 5.85. The van der Waals surface area contributed by atoms with Crippen molar-refractivity contribution in [3.8, 4) is 0 Å². The molecule has 0 spiro atoms. The Morgan fingerprint density at radius 1 is 1.60 bits per heavy atom. The van der Waals surface area contributed by atoms with Crippen LogP contribution in [0.15, 0.2) is 5.16 Å². The monoisotopic (exact) mass is 213 g/mol. The lowest BCUT2D eigenvalue weighted by molar-refractivity contribution is 0.236. The van der Waals surface area contributed by atoms with Gasteiger partial charge in [-0.25, -0.2) is 0 Å². The van der Waals surface area contributed by atoms with Gasteiger partial charge in [0, 0.05) is 11.5 Å². The Labute approximate surface area is 92.1 Å². The zero-order valence-corrected chi connectivity index (χ0v) is 10.0. The largest absolute Gasteiger partial charge is 0.409 e. The van der Waals surface area contributed by atoms with E-state index in [4.69, 9.17) is 10.9 Å². The van der Waals surface area contributed by atoms with Crippen molar-refractivity contribution in [2.75, 3.05) is 13.1 Å². The van der Waals surface area contributed by atoms with Crippen molar-refractivity contribution in [2.45, 2.75) is 46.1 Å². The second kappa shape index (κ2) is 4.84. The molecule has 3 N–H and O–H groups in total. The smallest absolute Gasteiger partial charge is 0.144 e. The van der Waals surface area contributed by atoms with Crippen LogP contribution in [0.3, 0.4) is 0 Å². The molecule has 0 aromatic rings. The van der Waals surface area contributed by atoms with Crippen LogP contribution in [0.1, 0.15) is 40.0 Å². The van der Waals surface area contributed by atoms with Crippen LogP contribution in [0, 0.1) is 5.41 Å². The minimum Gasteiger partial charge on any atom is -0.409 e. The van der Waals surface area contributed by atoms with Gasteiger partial charge >= 0.3 is 0 Å². The Morgan fingerprint density at radius 3 is 2.73 bits per heavy atom. The predicted molar refractivity (Wildman–Crippen MR) is 62.1 cm³/mol. The van der Waals surface area contributed by atoms with E-state index < -0.39 is 0 Å². The molecule has 15 heavy (non-hydrogen) atoms. The molecule has 0 radical (unpaired) electrons. The third-order valence-electron chi connectivity index (χ3n) is 3.52. The second-order valence-electron chi connectivity index (χ2n) is 5.15. The van der Waals surface area contributed by atoms with E-state index in [-0.39, 0.29) is 5.41 Å². The highest BCUT2D eigenvalue weighted by atomic mass is 16.4. The van der Waals surface area contributed by atoms with Crippen LogP contribution < -0.4 is 5.73 Å². The van der Waals surface area contributed by atoms with E-state index in [1.54, 1.807) is 0 Å². The number of rotatable bonds is 4. The molecule has 4 heteroatoms. The van der Waals surface area contributed by atoms with Gasteiger partial charge in [0.15, 0.2) is 0 Å². The number of hydrogen-bond acceptors (Lipinski definition) is 3. The van der Waals surface area contributed by atoms with Crippen LogP contribution in [-0.2, 0) is 0 Å². The van der Waals surface area contributed by atoms with Gasteiger partial charge in [-0.15, -0.1) is 0 Å². The van der Waals surface area contributed by atoms with Gasteiger partial charge in [0.05, 0.1) is 0 Å². The third-order valence-corrected chi connectivity index (χ3v) is 3.52. The van der Waals surface area contributed by atoms with E-state index >= 15 is 0 Å². The van der Waals surface area contributed by atoms with Gasteiger partial charge in [0.25, 0.3) is 0 Å². The Hall–Kier alpha value is -0.770. The molecule has 0 saturated carbocycles. The molecular formula is C11H23N3O. The summed E-state index contributed by atoms with van der Waals surface area (Å²) >= 11 is 0. The number of nitrogens with two attached hydrogens (primary N) is 1. The first kappa shape index (κ1) is 12.3. The van der Waals surface area contributed by atoms with Crippen LogP contribution in [0.5, 0.6) is 0 Å². The summed E-state index contributed by atoms with van der Waals surface area (Å²) in [6, 6.07) is 0.688. The molecule has 4 nitrogen and oxygen atoms in total. The summed E-state index contributed by atoms with van der Waals surface area (Å²) < 4.78 is 0. The van der Waals surface area contributed by atoms with Crippen molar-refractivity contribution < 1.29 is 5.21 Å². The summed E-state index contributed by atoms with van der Waals surface area (Å²) in [5, 5.41) is 11.8. The van der Waals surface area contributed by atoms with Crippen molar-refractivity contribution >= 4 is 5.84 Å². The highest BCUT2D eigenvalue weighted by Gasteiger charge is 2.27. The minimum atomic E-state index is -0.211. The average molecular weight is 213 g/mol. The van der Waals surface area contributed by atoms with Gasteiger partial charge in [-0.1, -0.05) is 19.0 Å². The van der Waals surface area contributed by atoms with E-state index in [1.165, 1.54) is 19.4 Å². The van der Waals surface area contributed by atoms with Crippen LogP contribution in [0.4, 0.5) is 0 Å². The summed E-state index contributed by atoms with van der Waals surface area (Å²) in [6.45, 7) is 8.52. The van der Waals surface area contributed by atoms with E-state index in [9.17, 15) is 0 Å². The number of nitrogens with zero attached hydrogens (tertiary/aromatic N) is 2. The Bertz CT molecular complexity index is 238. The standard InChI is InChI=1S/C11H23N3O/c1-9-5-4-7-14(9)8-6-11(2,3)10(12)13-15/h9,15H,4-8H2,1-3H3,(H2,12,13). The maximum absolute atomic E-state index is 8.66. The van der Waals surface area contributed by atoms with E-state index in [2.05, 4.69) is 17.0 Å². The van der Waals surface area contributed by atoms with Crippen LogP contribution in [0.25, 0.3) is 0 Å². The van der Waals surface area contributed by atoms with Crippen molar-refractivity contribution in [2.24, 2.45) is 16.3 Å². The zero-order chi connectivity index (χ0) is 11.5. The summed E-state index contributed by atoms with van der Waals surface area (Å²) in [7, 11) is 0. The van der Waals surface area contributed by atoms with Crippen LogP contribution in [-0.4, -0.2) is 35.1 Å². The van der Waals surface area contributed by atoms with Crippen molar-refractivity contribution in [1.82, 2.24) is 4.90 Å². The van der Waals surface area contributed by atoms with E-state index in [0.717, 1.165) is 13.0 Å². The van der Waals surface area contributed by atoms with Crippen molar-refractivity contribution in [1.29, 1.82) is 0 Å². The summed E-state index contributed by atoms with van der Waals surface area (Å²) in [4.78, 5) is 2.48. The molecule has 88 valence electrons. The third kappa shape index (κ3) is 3.09. The molecule has 0 aromatic carbocycles. The first-order valence-electron chi connectivity index (χ1n) is 5.69. The maximum atomic E-state index is 8.66. The number of oxime groups is 1. The zero-order valence-electron chi connectivity index (χ0n) is 10.0. The molecular weight excluding hydrogens is 190 g/mol. The van der Waals surface area contributed by atoms with Gasteiger partial charge in [-0.05, 0) is 39.3 Å². The van der Waals surface area contributed by atoms with E-state index in [1.807, 2.05) is 13.8 Å². The van der Waals surface area contributed by atoms with Gasteiger partial charge in [0.2, 0.25) is 0 Å². The molecule has 0 amide bonds. The number of likely N-dealkylation sites (tertiary alicyclic amines) is 1. The predicted octanol–water partition coefficient (Wildman–Crippen LogP) is 1.63. The lowest BCUT2D eigenvalue weighted by atomic mass is 9.88. The highest BCUT2D eigenvalue weighted by Crippen LogP contribution is 2.24. The molecule has 1 saturated heterocycles. The van der Waals surface area contributed by atoms with Crippen molar-refractivity contribution in [3.05, 3.63) is 0 Å². The molecule has 1 unspecified atom stereocenters. The van der Waals surface area contributed by atoms with Crippen LogP contribution in [0.2, 0.25) is 0 Å². The number of amidine groups is 1. The molecule has 0 aliphatic carbocycles. The molecule has 1 aliphatic rings. The fourth-order valence-electron chi connectivity index (χ4n) is 2.01. The fraction of sp³-hybridized carbons (Fsp3) is 0.909. The first-order chi connectivity index (χ1) is 6.97. The summed E-state index contributed by atoms with van der Waals surface area (Å²) in [5.41, 5.74) is 5.44. The molecule has 1 rings (SSSR count). The van der Waals surface area contributed by atoms with E-state index in [0.29, 0.717) is 11.9 Å². The molecule has 0 aromatic heterocycles. The molecule has 1 heterocycles. The SMILES string of the molecule is CC1CCCN1CCC(C)(C)C(N)=NO. The van der Waals surface area contributed by atoms with Gasteiger partial charge in [-0.2, -0.15) is 0 Å². The summed E-state index contributed by atoms with van der Waals surface area (Å²) in [6.07, 6.45) is 3.53. The Kier molecular flexibility index (Phi) is 3.97. The Balaban J connectivity index is 2.42. The lowest BCUT2D eigenvalue weighted by Crippen LogP contribution is -2.37.